The predicted molar refractivity (Wildman–Crippen MR) is 65.6 cm³/mol. The zero-order valence-corrected chi connectivity index (χ0v) is 10.9. The van der Waals surface area contributed by atoms with Crippen LogP contribution in [0.4, 0.5) is 0 Å². The topological polar surface area (TPSA) is 73.6 Å². The van der Waals surface area contributed by atoms with Crippen LogP contribution in [0.1, 0.15) is 26.7 Å². The molecule has 1 aliphatic heterocycles. The maximum Gasteiger partial charge on any atom is 0.249 e. The largest absolute Gasteiger partial charge is 0.383 e. The molecule has 1 heterocycles. The number of carbonyl (C=O) groups excluding carboxylic acids is 1. The van der Waals surface area contributed by atoms with Crippen molar-refractivity contribution < 1.29 is 14.3 Å². The zero-order chi connectivity index (χ0) is 12.8. The lowest BCUT2D eigenvalue weighted by Gasteiger charge is -2.23. The van der Waals surface area contributed by atoms with Crippen LogP contribution in [0.3, 0.4) is 0 Å². The average molecular weight is 244 g/mol. The summed E-state index contributed by atoms with van der Waals surface area (Å²) in [6, 6.07) is 0.0352. The Labute approximate surface area is 103 Å². The van der Waals surface area contributed by atoms with Gasteiger partial charge in [0.15, 0.2) is 0 Å². The van der Waals surface area contributed by atoms with E-state index in [0.29, 0.717) is 19.1 Å². The van der Waals surface area contributed by atoms with Gasteiger partial charge in [-0.05, 0) is 18.8 Å². The fourth-order valence-corrected chi connectivity index (χ4v) is 1.93. The number of amides is 1. The molecule has 0 spiro atoms. The molecule has 5 nitrogen and oxygen atoms in total. The van der Waals surface area contributed by atoms with Crippen LogP contribution in [0.5, 0.6) is 0 Å². The van der Waals surface area contributed by atoms with Crippen molar-refractivity contribution >= 4 is 5.91 Å². The lowest BCUT2D eigenvalue weighted by atomic mass is 10.0. The molecule has 3 atom stereocenters. The molecule has 0 aromatic rings. The third kappa shape index (κ3) is 4.26. The van der Waals surface area contributed by atoms with E-state index in [1.54, 1.807) is 7.11 Å². The highest BCUT2D eigenvalue weighted by molar-refractivity contribution is 5.81. The van der Waals surface area contributed by atoms with Crippen LogP contribution in [-0.2, 0) is 14.3 Å². The molecule has 1 saturated heterocycles. The lowest BCUT2D eigenvalue weighted by Crippen LogP contribution is -2.46. The van der Waals surface area contributed by atoms with E-state index in [2.05, 4.69) is 19.2 Å². The van der Waals surface area contributed by atoms with Gasteiger partial charge in [0.1, 0.15) is 6.10 Å². The van der Waals surface area contributed by atoms with Crippen LogP contribution in [0.25, 0.3) is 0 Å². The number of nitrogens with one attached hydrogen (secondary N) is 1. The Bertz CT molecular complexity index is 246. The van der Waals surface area contributed by atoms with Crippen molar-refractivity contribution in [2.75, 3.05) is 20.3 Å². The first-order valence-electron chi connectivity index (χ1n) is 6.23. The van der Waals surface area contributed by atoms with Gasteiger partial charge in [0, 0.05) is 13.7 Å². The normalized spacial score (nSPS) is 26.2. The van der Waals surface area contributed by atoms with Crippen LogP contribution in [-0.4, -0.2) is 44.4 Å². The average Bonchev–Trinajstić information content (AvgIpc) is 2.76. The molecular formula is C12H24N2O3. The molecule has 1 fully saturated rings. The first-order valence-corrected chi connectivity index (χ1v) is 6.23. The lowest BCUT2D eigenvalue weighted by molar-refractivity contribution is -0.133. The second kappa shape index (κ2) is 6.93. The fourth-order valence-electron chi connectivity index (χ4n) is 1.93. The maximum atomic E-state index is 12.0. The molecule has 17 heavy (non-hydrogen) atoms. The van der Waals surface area contributed by atoms with E-state index in [1.165, 1.54) is 0 Å². The SMILES string of the molecule is COCC(NC(=O)C1CCC(CN)O1)C(C)C. The quantitative estimate of drug-likeness (QED) is 0.704. The van der Waals surface area contributed by atoms with Gasteiger partial charge in [-0.15, -0.1) is 0 Å². The van der Waals surface area contributed by atoms with Gasteiger partial charge in [0.05, 0.1) is 18.8 Å². The number of hydrogen-bond donors (Lipinski definition) is 2. The molecule has 0 saturated carbocycles. The van der Waals surface area contributed by atoms with E-state index in [1.807, 2.05) is 0 Å². The fraction of sp³-hybridized carbons (Fsp3) is 0.917. The van der Waals surface area contributed by atoms with Crippen molar-refractivity contribution in [1.82, 2.24) is 5.32 Å². The third-order valence-electron chi connectivity index (χ3n) is 3.14. The smallest absolute Gasteiger partial charge is 0.249 e. The molecule has 0 aromatic heterocycles. The second-order valence-electron chi connectivity index (χ2n) is 4.87. The number of nitrogens with two attached hydrogens (primary N) is 1. The Morgan fingerprint density at radius 2 is 2.24 bits per heavy atom. The summed E-state index contributed by atoms with van der Waals surface area (Å²) in [7, 11) is 1.64. The molecule has 1 rings (SSSR count). The van der Waals surface area contributed by atoms with Gasteiger partial charge in [-0.2, -0.15) is 0 Å². The van der Waals surface area contributed by atoms with Crippen molar-refractivity contribution in [3.05, 3.63) is 0 Å². The predicted octanol–water partition coefficient (Wildman–Crippen LogP) is 0.280. The summed E-state index contributed by atoms with van der Waals surface area (Å²) in [4.78, 5) is 12.0. The van der Waals surface area contributed by atoms with E-state index < -0.39 is 0 Å². The molecule has 3 unspecified atom stereocenters. The van der Waals surface area contributed by atoms with Crippen LogP contribution in [0.2, 0.25) is 0 Å². The van der Waals surface area contributed by atoms with Gasteiger partial charge in [0.25, 0.3) is 0 Å². The van der Waals surface area contributed by atoms with Crippen molar-refractivity contribution in [1.29, 1.82) is 0 Å². The minimum Gasteiger partial charge on any atom is -0.383 e. The first-order chi connectivity index (χ1) is 8.08. The van der Waals surface area contributed by atoms with Crippen LogP contribution in [0, 0.1) is 5.92 Å². The molecule has 3 N–H and O–H groups in total. The summed E-state index contributed by atoms with van der Waals surface area (Å²) in [6.45, 7) is 5.12. The molecule has 0 aromatic carbocycles. The number of carbonyl (C=O) groups is 1. The van der Waals surface area contributed by atoms with Crippen molar-refractivity contribution in [3.63, 3.8) is 0 Å². The molecule has 0 aliphatic carbocycles. The first kappa shape index (κ1) is 14.4. The molecule has 1 aliphatic rings. The van der Waals surface area contributed by atoms with Crippen molar-refractivity contribution in [2.24, 2.45) is 11.7 Å². The minimum atomic E-state index is -0.346. The van der Waals surface area contributed by atoms with Crippen LogP contribution in [0.15, 0.2) is 0 Å². The highest BCUT2D eigenvalue weighted by Crippen LogP contribution is 2.19. The van der Waals surface area contributed by atoms with Gasteiger partial charge < -0.3 is 20.5 Å². The Kier molecular flexibility index (Phi) is 5.88. The van der Waals surface area contributed by atoms with E-state index in [0.717, 1.165) is 12.8 Å². The monoisotopic (exact) mass is 244 g/mol. The molecule has 0 radical (unpaired) electrons. The Balaban J connectivity index is 2.42. The highest BCUT2D eigenvalue weighted by atomic mass is 16.5. The summed E-state index contributed by atoms with van der Waals surface area (Å²) in [5.74, 6) is 0.294. The van der Waals surface area contributed by atoms with Crippen molar-refractivity contribution in [3.8, 4) is 0 Å². The van der Waals surface area contributed by atoms with Gasteiger partial charge in [-0.1, -0.05) is 13.8 Å². The van der Waals surface area contributed by atoms with E-state index in [-0.39, 0.29) is 24.2 Å². The number of methoxy groups -OCH3 is 1. The van der Waals surface area contributed by atoms with Crippen LogP contribution >= 0.6 is 0 Å². The van der Waals surface area contributed by atoms with E-state index in [4.69, 9.17) is 15.2 Å². The van der Waals surface area contributed by atoms with Crippen LogP contribution < -0.4 is 11.1 Å². The maximum absolute atomic E-state index is 12.0. The summed E-state index contributed by atoms with van der Waals surface area (Å²) in [5.41, 5.74) is 5.52. The van der Waals surface area contributed by atoms with Gasteiger partial charge >= 0.3 is 0 Å². The van der Waals surface area contributed by atoms with Gasteiger partial charge in [-0.3, -0.25) is 4.79 Å². The van der Waals surface area contributed by atoms with E-state index in [9.17, 15) is 4.79 Å². The molecule has 0 bridgehead atoms. The summed E-state index contributed by atoms with van der Waals surface area (Å²) in [6.07, 6.45) is 1.31. The van der Waals surface area contributed by atoms with Crippen molar-refractivity contribution in [2.45, 2.75) is 44.9 Å². The highest BCUT2D eigenvalue weighted by Gasteiger charge is 2.31. The summed E-state index contributed by atoms with van der Waals surface area (Å²) in [5, 5.41) is 2.97. The molecule has 1 amide bonds. The van der Waals surface area contributed by atoms with Gasteiger partial charge in [0.2, 0.25) is 5.91 Å². The standard InChI is InChI=1S/C12H24N2O3/c1-8(2)10(7-16-3)14-12(15)11-5-4-9(6-13)17-11/h8-11H,4-7,13H2,1-3H3,(H,14,15). The number of ether oxygens (including phenoxy) is 2. The Morgan fingerprint density at radius 3 is 2.71 bits per heavy atom. The summed E-state index contributed by atoms with van der Waals surface area (Å²) < 4.78 is 10.6. The number of rotatable bonds is 6. The zero-order valence-electron chi connectivity index (χ0n) is 10.9. The Hall–Kier alpha value is -0.650. The molecular weight excluding hydrogens is 220 g/mol. The molecule has 100 valence electrons. The van der Waals surface area contributed by atoms with E-state index >= 15 is 0 Å². The third-order valence-corrected chi connectivity index (χ3v) is 3.14. The summed E-state index contributed by atoms with van der Waals surface area (Å²) >= 11 is 0. The number of hydrogen-bond acceptors (Lipinski definition) is 4. The Morgan fingerprint density at radius 1 is 1.53 bits per heavy atom. The molecule has 5 heteroatoms. The minimum absolute atomic E-state index is 0.0330. The van der Waals surface area contributed by atoms with Gasteiger partial charge in [-0.25, -0.2) is 0 Å². The second-order valence-corrected chi connectivity index (χ2v) is 4.87.